The topological polar surface area (TPSA) is 49.3 Å². The first-order chi connectivity index (χ1) is 6.66. The second-order valence-corrected chi connectivity index (χ2v) is 3.71. The molecule has 0 unspecified atom stereocenters. The van der Waals surface area contributed by atoms with E-state index in [0.717, 1.165) is 10.0 Å². The van der Waals surface area contributed by atoms with Crippen LogP contribution in [-0.2, 0) is 0 Å². The number of aryl methyl sites for hydroxylation is 1. The van der Waals surface area contributed by atoms with E-state index in [1.165, 1.54) is 0 Å². The summed E-state index contributed by atoms with van der Waals surface area (Å²) < 4.78 is 0.801. The van der Waals surface area contributed by atoms with Gasteiger partial charge in [0.1, 0.15) is 0 Å². The van der Waals surface area contributed by atoms with Gasteiger partial charge in [-0.25, -0.2) is 0 Å². The molecule has 3 nitrogen and oxygen atoms in total. The molecule has 0 aromatic heterocycles. The molecule has 4 heteroatoms. The van der Waals surface area contributed by atoms with Gasteiger partial charge in [-0.05, 0) is 34.5 Å². The quantitative estimate of drug-likeness (QED) is 0.862. The van der Waals surface area contributed by atoms with Crippen molar-refractivity contribution in [3.8, 4) is 0 Å². The molecule has 0 aliphatic heterocycles. The van der Waals surface area contributed by atoms with Crippen molar-refractivity contribution in [2.75, 3.05) is 13.2 Å². The molecule has 1 aromatic rings. The first-order valence-electron chi connectivity index (χ1n) is 4.31. The lowest BCUT2D eigenvalue weighted by molar-refractivity contribution is 0.0944. The van der Waals surface area contributed by atoms with Crippen molar-refractivity contribution in [3.05, 3.63) is 33.8 Å². The van der Waals surface area contributed by atoms with E-state index in [1.807, 2.05) is 19.1 Å². The van der Waals surface area contributed by atoms with Gasteiger partial charge in [0.25, 0.3) is 5.91 Å². The third-order valence-electron chi connectivity index (χ3n) is 1.83. The molecule has 0 aliphatic rings. The molecule has 0 bridgehead atoms. The number of carbonyl (C=O) groups is 1. The predicted octanol–water partition coefficient (Wildman–Crippen LogP) is 1.48. The molecular weight excluding hydrogens is 246 g/mol. The molecule has 1 rings (SSSR count). The van der Waals surface area contributed by atoms with E-state index in [9.17, 15) is 4.79 Å². The number of aliphatic hydroxyl groups is 1. The summed E-state index contributed by atoms with van der Waals surface area (Å²) in [6, 6.07) is 5.49. The Morgan fingerprint density at radius 2 is 2.29 bits per heavy atom. The first-order valence-corrected chi connectivity index (χ1v) is 5.10. The lowest BCUT2D eigenvalue weighted by Crippen LogP contribution is -2.26. The Morgan fingerprint density at radius 3 is 2.93 bits per heavy atom. The molecule has 14 heavy (non-hydrogen) atoms. The molecule has 0 aliphatic carbocycles. The molecule has 2 N–H and O–H groups in total. The van der Waals surface area contributed by atoms with Gasteiger partial charge < -0.3 is 10.4 Å². The average Bonchev–Trinajstić information content (AvgIpc) is 2.18. The van der Waals surface area contributed by atoms with E-state index in [1.54, 1.807) is 6.07 Å². The third kappa shape index (κ3) is 2.56. The van der Waals surface area contributed by atoms with Gasteiger partial charge in [0, 0.05) is 11.0 Å². The van der Waals surface area contributed by atoms with Crippen LogP contribution in [0, 0.1) is 6.92 Å². The number of benzene rings is 1. The lowest BCUT2D eigenvalue weighted by Gasteiger charge is -2.06. The largest absolute Gasteiger partial charge is 0.395 e. The SMILES string of the molecule is Cc1cccc(C(=O)NCCO)c1Br. The summed E-state index contributed by atoms with van der Waals surface area (Å²) in [6.07, 6.45) is 0. The highest BCUT2D eigenvalue weighted by atomic mass is 79.9. The monoisotopic (exact) mass is 257 g/mol. The third-order valence-corrected chi connectivity index (χ3v) is 2.89. The smallest absolute Gasteiger partial charge is 0.252 e. The predicted molar refractivity (Wildman–Crippen MR) is 58.3 cm³/mol. The molecule has 1 amide bonds. The van der Waals surface area contributed by atoms with Crippen LogP contribution >= 0.6 is 15.9 Å². The van der Waals surface area contributed by atoms with Crippen LogP contribution in [0.25, 0.3) is 0 Å². The molecule has 1 aromatic carbocycles. The number of hydrogen-bond acceptors (Lipinski definition) is 2. The number of aliphatic hydroxyl groups excluding tert-OH is 1. The highest BCUT2D eigenvalue weighted by molar-refractivity contribution is 9.10. The Balaban J connectivity index is 2.84. The maximum Gasteiger partial charge on any atom is 0.252 e. The van der Waals surface area contributed by atoms with Gasteiger partial charge in [-0.2, -0.15) is 0 Å². The summed E-state index contributed by atoms with van der Waals surface area (Å²) in [6.45, 7) is 2.15. The van der Waals surface area contributed by atoms with Crippen LogP contribution in [0.5, 0.6) is 0 Å². The minimum absolute atomic E-state index is 0.0465. The molecule has 0 radical (unpaired) electrons. The molecule has 0 heterocycles. The fourth-order valence-corrected chi connectivity index (χ4v) is 1.53. The van der Waals surface area contributed by atoms with Crippen LogP contribution < -0.4 is 5.32 Å². The molecule has 0 spiro atoms. The maximum atomic E-state index is 11.5. The van der Waals surface area contributed by atoms with Gasteiger partial charge in [-0.1, -0.05) is 12.1 Å². The van der Waals surface area contributed by atoms with E-state index in [2.05, 4.69) is 21.2 Å². The zero-order valence-electron chi connectivity index (χ0n) is 7.88. The second-order valence-electron chi connectivity index (χ2n) is 2.92. The Labute approximate surface area is 91.3 Å². The Morgan fingerprint density at radius 1 is 1.57 bits per heavy atom. The Hall–Kier alpha value is -0.870. The molecular formula is C10H12BrNO2. The van der Waals surface area contributed by atoms with Crippen molar-refractivity contribution in [3.63, 3.8) is 0 Å². The number of carbonyl (C=O) groups excluding carboxylic acids is 1. The summed E-state index contributed by atoms with van der Waals surface area (Å²) >= 11 is 3.35. The van der Waals surface area contributed by atoms with Gasteiger partial charge >= 0.3 is 0 Å². The normalized spacial score (nSPS) is 9.93. The highest BCUT2D eigenvalue weighted by Gasteiger charge is 2.09. The van der Waals surface area contributed by atoms with Crippen molar-refractivity contribution in [1.29, 1.82) is 0 Å². The van der Waals surface area contributed by atoms with E-state index in [-0.39, 0.29) is 19.1 Å². The summed E-state index contributed by atoms with van der Waals surface area (Å²) in [5.74, 6) is -0.172. The fraction of sp³-hybridized carbons (Fsp3) is 0.300. The van der Waals surface area contributed by atoms with Crippen LogP contribution in [0.1, 0.15) is 15.9 Å². The van der Waals surface area contributed by atoms with Crippen molar-refractivity contribution in [2.24, 2.45) is 0 Å². The number of rotatable bonds is 3. The second kappa shape index (κ2) is 5.12. The van der Waals surface area contributed by atoms with Gasteiger partial charge in [0.05, 0.1) is 12.2 Å². The van der Waals surface area contributed by atoms with Crippen LogP contribution in [0.4, 0.5) is 0 Å². The van der Waals surface area contributed by atoms with E-state index < -0.39 is 0 Å². The number of halogens is 1. The van der Waals surface area contributed by atoms with Crippen LogP contribution in [0.15, 0.2) is 22.7 Å². The van der Waals surface area contributed by atoms with Crippen LogP contribution in [0.3, 0.4) is 0 Å². The first kappa shape index (κ1) is 11.2. The molecule has 0 saturated heterocycles. The minimum Gasteiger partial charge on any atom is -0.395 e. The highest BCUT2D eigenvalue weighted by Crippen LogP contribution is 2.20. The van der Waals surface area contributed by atoms with Crippen molar-refractivity contribution in [2.45, 2.75) is 6.92 Å². The van der Waals surface area contributed by atoms with Crippen molar-refractivity contribution < 1.29 is 9.90 Å². The van der Waals surface area contributed by atoms with Gasteiger partial charge in [0.2, 0.25) is 0 Å². The van der Waals surface area contributed by atoms with Crippen LogP contribution in [0.2, 0.25) is 0 Å². The maximum absolute atomic E-state index is 11.5. The summed E-state index contributed by atoms with van der Waals surface area (Å²) in [7, 11) is 0. The van der Waals surface area contributed by atoms with E-state index in [4.69, 9.17) is 5.11 Å². The summed E-state index contributed by atoms with van der Waals surface area (Å²) in [4.78, 5) is 11.5. The van der Waals surface area contributed by atoms with Gasteiger partial charge in [0.15, 0.2) is 0 Å². The number of amides is 1. The number of nitrogens with one attached hydrogen (secondary N) is 1. The number of hydrogen-bond donors (Lipinski definition) is 2. The molecule has 76 valence electrons. The Bertz CT molecular complexity index is 339. The zero-order chi connectivity index (χ0) is 10.6. The van der Waals surface area contributed by atoms with Crippen molar-refractivity contribution in [1.82, 2.24) is 5.32 Å². The minimum atomic E-state index is -0.172. The summed E-state index contributed by atoms with van der Waals surface area (Å²) in [5.41, 5.74) is 1.61. The van der Waals surface area contributed by atoms with E-state index >= 15 is 0 Å². The molecule has 0 atom stereocenters. The molecule has 0 fully saturated rings. The average molecular weight is 258 g/mol. The standard InChI is InChI=1S/C10H12BrNO2/c1-7-3-2-4-8(9(7)11)10(14)12-5-6-13/h2-4,13H,5-6H2,1H3,(H,12,14). The van der Waals surface area contributed by atoms with Gasteiger partial charge in [-0.15, -0.1) is 0 Å². The zero-order valence-corrected chi connectivity index (χ0v) is 9.47. The van der Waals surface area contributed by atoms with Gasteiger partial charge in [-0.3, -0.25) is 4.79 Å². The lowest BCUT2D eigenvalue weighted by atomic mass is 10.1. The fourth-order valence-electron chi connectivity index (χ4n) is 1.09. The molecule has 0 saturated carbocycles. The summed E-state index contributed by atoms with van der Waals surface area (Å²) in [5, 5.41) is 11.2. The Kier molecular flexibility index (Phi) is 4.10. The van der Waals surface area contributed by atoms with Crippen LogP contribution in [-0.4, -0.2) is 24.2 Å². The van der Waals surface area contributed by atoms with Crippen molar-refractivity contribution >= 4 is 21.8 Å². The van der Waals surface area contributed by atoms with E-state index in [0.29, 0.717) is 5.56 Å².